The number of nitrogens with zero attached hydrogens (tertiary/aromatic N) is 1. The summed E-state index contributed by atoms with van der Waals surface area (Å²) in [5.41, 5.74) is 1.42. The highest BCUT2D eigenvalue weighted by Gasteiger charge is 2.25. The molecule has 1 atom stereocenters. The highest BCUT2D eigenvalue weighted by molar-refractivity contribution is 6.05. The zero-order chi connectivity index (χ0) is 12.5. The Kier molecular flexibility index (Phi) is 4.12. The van der Waals surface area contributed by atoms with E-state index in [2.05, 4.69) is 5.32 Å². The van der Waals surface area contributed by atoms with Gasteiger partial charge in [-0.3, -0.25) is 4.79 Å². The molecule has 0 spiro atoms. The van der Waals surface area contributed by atoms with Crippen molar-refractivity contribution >= 4 is 29.3 Å². The number of furan rings is 1. The number of fused-ring (bicyclic) bond motifs is 1. The van der Waals surface area contributed by atoms with Crippen molar-refractivity contribution < 1.29 is 9.21 Å². The highest BCUT2D eigenvalue weighted by atomic mass is 35.5. The minimum absolute atomic E-state index is 0. The van der Waals surface area contributed by atoms with Crippen LogP contribution in [0.1, 0.15) is 16.8 Å². The monoisotopic (exact) mass is 280 g/mol. The average molecular weight is 281 g/mol. The number of amides is 1. The molecule has 1 aliphatic rings. The molecule has 3 rings (SSSR count). The van der Waals surface area contributed by atoms with E-state index in [-0.39, 0.29) is 24.4 Å². The summed E-state index contributed by atoms with van der Waals surface area (Å²) in [7, 11) is 1.86. The van der Waals surface area contributed by atoms with Crippen molar-refractivity contribution in [1.29, 1.82) is 0 Å². The van der Waals surface area contributed by atoms with E-state index in [0.717, 1.165) is 30.5 Å². The number of para-hydroxylation sites is 1. The van der Waals surface area contributed by atoms with Crippen LogP contribution in [0.25, 0.3) is 11.0 Å². The Morgan fingerprint density at radius 1 is 1.42 bits per heavy atom. The van der Waals surface area contributed by atoms with Gasteiger partial charge in [0.25, 0.3) is 5.91 Å². The summed E-state index contributed by atoms with van der Waals surface area (Å²) in [6, 6.07) is 7.91. The van der Waals surface area contributed by atoms with Crippen LogP contribution < -0.4 is 5.32 Å². The van der Waals surface area contributed by atoms with Gasteiger partial charge in [0.05, 0.1) is 5.56 Å². The van der Waals surface area contributed by atoms with Gasteiger partial charge in [-0.05, 0) is 19.0 Å². The van der Waals surface area contributed by atoms with E-state index < -0.39 is 0 Å². The molecule has 1 aromatic carbocycles. The number of rotatable bonds is 2. The second-order valence-electron chi connectivity index (χ2n) is 4.71. The molecule has 5 heteroatoms. The zero-order valence-electron chi connectivity index (χ0n) is 10.8. The third-order valence-electron chi connectivity index (χ3n) is 3.61. The number of hydrogen-bond donors (Lipinski definition) is 1. The first-order valence-electron chi connectivity index (χ1n) is 6.21. The SMILES string of the molecule is CN(C(=O)c1coc2ccccc12)C1CCNC1.Cl. The molecule has 1 saturated heterocycles. The van der Waals surface area contributed by atoms with Gasteiger partial charge in [-0.2, -0.15) is 0 Å². The van der Waals surface area contributed by atoms with Crippen LogP contribution in [0.3, 0.4) is 0 Å². The maximum absolute atomic E-state index is 12.4. The highest BCUT2D eigenvalue weighted by Crippen LogP contribution is 2.23. The van der Waals surface area contributed by atoms with Crippen molar-refractivity contribution in [2.75, 3.05) is 20.1 Å². The second kappa shape index (κ2) is 5.63. The van der Waals surface area contributed by atoms with Gasteiger partial charge in [0.1, 0.15) is 11.8 Å². The molecule has 4 nitrogen and oxygen atoms in total. The summed E-state index contributed by atoms with van der Waals surface area (Å²) in [6.45, 7) is 1.85. The summed E-state index contributed by atoms with van der Waals surface area (Å²) in [6.07, 6.45) is 2.57. The number of benzene rings is 1. The number of likely N-dealkylation sites (N-methyl/N-ethyl adjacent to an activating group) is 1. The number of carbonyl (C=O) groups excluding carboxylic acids is 1. The lowest BCUT2D eigenvalue weighted by molar-refractivity contribution is 0.0745. The van der Waals surface area contributed by atoms with Gasteiger partial charge in [0.2, 0.25) is 0 Å². The number of carbonyl (C=O) groups is 1. The Bertz CT molecular complexity index is 576. The van der Waals surface area contributed by atoms with E-state index >= 15 is 0 Å². The van der Waals surface area contributed by atoms with Crippen molar-refractivity contribution in [1.82, 2.24) is 10.2 Å². The molecule has 1 fully saturated rings. The topological polar surface area (TPSA) is 45.5 Å². The lowest BCUT2D eigenvalue weighted by Gasteiger charge is -2.23. The van der Waals surface area contributed by atoms with Crippen LogP contribution in [0.5, 0.6) is 0 Å². The molecule has 1 unspecified atom stereocenters. The van der Waals surface area contributed by atoms with E-state index in [0.29, 0.717) is 5.56 Å². The van der Waals surface area contributed by atoms with Crippen molar-refractivity contribution in [2.45, 2.75) is 12.5 Å². The predicted octanol–water partition coefficient (Wildman–Crippen LogP) is 2.29. The van der Waals surface area contributed by atoms with Crippen molar-refractivity contribution in [2.24, 2.45) is 0 Å². The first kappa shape index (κ1) is 13.9. The fraction of sp³-hybridized carbons (Fsp3) is 0.357. The van der Waals surface area contributed by atoms with Crippen molar-refractivity contribution in [3.63, 3.8) is 0 Å². The molecule has 1 aliphatic heterocycles. The molecule has 1 aromatic heterocycles. The Balaban J connectivity index is 0.00000133. The van der Waals surface area contributed by atoms with Crippen LogP contribution >= 0.6 is 12.4 Å². The summed E-state index contributed by atoms with van der Waals surface area (Å²) in [5.74, 6) is 0.0358. The van der Waals surface area contributed by atoms with E-state index in [1.165, 1.54) is 0 Å². The quantitative estimate of drug-likeness (QED) is 0.918. The van der Waals surface area contributed by atoms with E-state index in [4.69, 9.17) is 4.42 Å². The average Bonchev–Trinajstić information content (AvgIpc) is 3.06. The molecular formula is C14H17ClN2O2. The maximum Gasteiger partial charge on any atom is 0.257 e. The molecule has 2 heterocycles. The van der Waals surface area contributed by atoms with E-state index in [1.54, 1.807) is 6.26 Å². The lowest BCUT2D eigenvalue weighted by atomic mass is 10.1. The second-order valence-corrected chi connectivity index (χ2v) is 4.71. The zero-order valence-corrected chi connectivity index (χ0v) is 11.6. The van der Waals surface area contributed by atoms with Gasteiger partial charge in [0, 0.05) is 25.0 Å². The Morgan fingerprint density at radius 2 is 2.21 bits per heavy atom. The normalized spacial score (nSPS) is 18.3. The smallest absolute Gasteiger partial charge is 0.257 e. The number of hydrogen-bond acceptors (Lipinski definition) is 3. The Hall–Kier alpha value is -1.52. The first-order valence-corrected chi connectivity index (χ1v) is 6.21. The van der Waals surface area contributed by atoms with Gasteiger partial charge in [-0.1, -0.05) is 18.2 Å². The van der Waals surface area contributed by atoms with Gasteiger partial charge in [-0.15, -0.1) is 12.4 Å². The maximum atomic E-state index is 12.4. The summed E-state index contributed by atoms with van der Waals surface area (Å²) >= 11 is 0. The number of halogens is 1. The van der Waals surface area contributed by atoms with Gasteiger partial charge < -0.3 is 14.6 Å². The summed E-state index contributed by atoms with van der Waals surface area (Å²) in [4.78, 5) is 14.3. The lowest BCUT2D eigenvalue weighted by Crippen LogP contribution is -2.38. The Labute approximate surface area is 118 Å². The summed E-state index contributed by atoms with van der Waals surface area (Å²) < 4.78 is 5.42. The molecule has 0 radical (unpaired) electrons. The predicted molar refractivity (Wildman–Crippen MR) is 76.8 cm³/mol. The molecule has 1 amide bonds. The van der Waals surface area contributed by atoms with Crippen LogP contribution in [0.2, 0.25) is 0 Å². The standard InChI is InChI=1S/C14H16N2O2.ClH/c1-16(10-6-7-15-8-10)14(17)12-9-18-13-5-3-2-4-11(12)13;/h2-5,9-10,15H,6-8H2,1H3;1H. The summed E-state index contributed by atoms with van der Waals surface area (Å²) in [5, 5.41) is 4.16. The number of nitrogens with one attached hydrogen (secondary N) is 1. The van der Waals surface area contributed by atoms with Crippen molar-refractivity contribution in [3.05, 3.63) is 36.1 Å². The fourth-order valence-electron chi connectivity index (χ4n) is 2.47. The minimum atomic E-state index is 0. The molecule has 1 N–H and O–H groups in total. The van der Waals surface area contributed by atoms with Gasteiger partial charge >= 0.3 is 0 Å². The largest absolute Gasteiger partial charge is 0.463 e. The van der Waals surface area contributed by atoms with Crippen molar-refractivity contribution in [3.8, 4) is 0 Å². The van der Waals surface area contributed by atoms with Crippen LogP contribution in [0, 0.1) is 0 Å². The molecule has 2 aromatic rings. The third-order valence-corrected chi connectivity index (χ3v) is 3.61. The van der Waals surface area contributed by atoms with Crippen LogP contribution in [0.4, 0.5) is 0 Å². The molecule has 19 heavy (non-hydrogen) atoms. The molecule has 0 bridgehead atoms. The first-order chi connectivity index (χ1) is 8.77. The van der Waals surface area contributed by atoms with E-state index in [9.17, 15) is 4.79 Å². The van der Waals surface area contributed by atoms with Crippen LogP contribution in [0.15, 0.2) is 34.9 Å². The van der Waals surface area contributed by atoms with E-state index in [1.807, 2.05) is 36.2 Å². The van der Waals surface area contributed by atoms with Crippen LogP contribution in [-0.4, -0.2) is 37.0 Å². The fourth-order valence-corrected chi connectivity index (χ4v) is 2.47. The van der Waals surface area contributed by atoms with Gasteiger partial charge in [-0.25, -0.2) is 0 Å². The third kappa shape index (κ3) is 2.46. The molecular weight excluding hydrogens is 264 g/mol. The molecule has 0 saturated carbocycles. The Morgan fingerprint density at radius 3 is 2.95 bits per heavy atom. The van der Waals surface area contributed by atoms with Crippen LogP contribution in [-0.2, 0) is 0 Å². The molecule has 0 aliphatic carbocycles. The van der Waals surface area contributed by atoms with Gasteiger partial charge in [0.15, 0.2) is 0 Å². The minimum Gasteiger partial charge on any atom is -0.463 e. The molecule has 102 valence electrons.